The Bertz CT molecular complexity index is 619. The largest absolute Gasteiger partial charge is 0.396 e. The lowest BCUT2D eigenvalue weighted by Gasteiger charge is -2.27. The van der Waals surface area contributed by atoms with Crippen LogP contribution in [0.1, 0.15) is 30.6 Å². The van der Waals surface area contributed by atoms with E-state index in [0.717, 1.165) is 35.4 Å². The van der Waals surface area contributed by atoms with Crippen molar-refractivity contribution in [1.82, 2.24) is 9.97 Å². The molecule has 4 N–H and O–H groups in total. The van der Waals surface area contributed by atoms with Crippen LogP contribution >= 0.6 is 11.3 Å². The first kappa shape index (κ1) is 13.6. The van der Waals surface area contributed by atoms with Crippen LogP contribution < -0.4 is 11.1 Å². The summed E-state index contributed by atoms with van der Waals surface area (Å²) in [5.41, 5.74) is 5.78. The molecular formula is C14H20N4OS. The Morgan fingerprint density at radius 3 is 2.85 bits per heavy atom. The number of nitrogens with one attached hydrogen (secondary N) is 1. The summed E-state index contributed by atoms with van der Waals surface area (Å²) in [6.45, 7) is 3.02. The fourth-order valence-electron chi connectivity index (χ4n) is 2.98. The van der Waals surface area contributed by atoms with E-state index in [4.69, 9.17) is 5.73 Å². The SMILES string of the molecule is Cc1cc2c(NCC3(CO)CCCC3)nc(N)nc2s1. The maximum atomic E-state index is 9.67. The number of thiophene rings is 1. The van der Waals surface area contributed by atoms with Gasteiger partial charge in [0.25, 0.3) is 0 Å². The lowest BCUT2D eigenvalue weighted by atomic mass is 9.87. The van der Waals surface area contributed by atoms with Gasteiger partial charge in [0.15, 0.2) is 0 Å². The first-order chi connectivity index (χ1) is 9.62. The molecular weight excluding hydrogens is 272 g/mol. The van der Waals surface area contributed by atoms with Crippen LogP contribution in [0.5, 0.6) is 0 Å². The molecule has 2 aromatic rings. The molecule has 2 aromatic heterocycles. The van der Waals surface area contributed by atoms with Crippen molar-refractivity contribution < 1.29 is 5.11 Å². The summed E-state index contributed by atoms with van der Waals surface area (Å²) < 4.78 is 0. The molecule has 1 aliphatic rings. The first-order valence-corrected chi connectivity index (χ1v) is 7.82. The number of nitrogen functional groups attached to an aromatic ring is 1. The van der Waals surface area contributed by atoms with Crippen LogP contribution in [0.3, 0.4) is 0 Å². The van der Waals surface area contributed by atoms with E-state index in [1.807, 2.05) is 0 Å². The van der Waals surface area contributed by atoms with Gasteiger partial charge in [-0.3, -0.25) is 0 Å². The summed E-state index contributed by atoms with van der Waals surface area (Å²) in [5, 5.41) is 14.1. The number of aryl methyl sites for hydroxylation is 1. The summed E-state index contributed by atoms with van der Waals surface area (Å²) in [4.78, 5) is 10.7. The van der Waals surface area contributed by atoms with Crippen molar-refractivity contribution in [3.05, 3.63) is 10.9 Å². The van der Waals surface area contributed by atoms with Gasteiger partial charge in [-0.1, -0.05) is 12.8 Å². The minimum absolute atomic E-state index is 0.00288. The van der Waals surface area contributed by atoms with Gasteiger partial charge < -0.3 is 16.2 Å². The predicted octanol–water partition coefficient (Wildman–Crippen LogP) is 2.55. The zero-order valence-electron chi connectivity index (χ0n) is 11.6. The molecule has 1 fully saturated rings. The number of aliphatic hydroxyl groups excluding tert-OH is 1. The van der Waals surface area contributed by atoms with Gasteiger partial charge in [-0.2, -0.15) is 4.98 Å². The number of nitrogens with two attached hydrogens (primary N) is 1. The molecule has 0 aromatic carbocycles. The molecule has 20 heavy (non-hydrogen) atoms. The molecule has 3 rings (SSSR count). The number of hydrogen-bond acceptors (Lipinski definition) is 6. The van der Waals surface area contributed by atoms with Crippen molar-refractivity contribution >= 4 is 33.3 Å². The third kappa shape index (κ3) is 2.45. The average molecular weight is 292 g/mol. The molecule has 0 unspecified atom stereocenters. The minimum atomic E-state index is -0.00288. The second-order valence-corrected chi connectivity index (χ2v) is 6.96. The highest BCUT2D eigenvalue weighted by Crippen LogP contribution is 2.38. The number of rotatable bonds is 4. The minimum Gasteiger partial charge on any atom is -0.396 e. The molecule has 0 spiro atoms. The molecule has 5 nitrogen and oxygen atoms in total. The fourth-order valence-corrected chi connectivity index (χ4v) is 3.87. The summed E-state index contributed by atoms with van der Waals surface area (Å²) in [6.07, 6.45) is 4.54. The van der Waals surface area contributed by atoms with Gasteiger partial charge in [-0.15, -0.1) is 11.3 Å². The Balaban J connectivity index is 1.86. The molecule has 0 aliphatic heterocycles. The third-order valence-electron chi connectivity index (χ3n) is 4.16. The second-order valence-electron chi connectivity index (χ2n) is 5.73. The molecule has 1 saturated carbocycles. The molecule has 6 heteroatoms. The van der Waals surface area contributed by atoms with Crippen molar-refractivity contribution in [3.63, 3.8) is 0 Å². The van der Waals surface area contributed by atoms with E-state index < -0.39 is 0 Å². The third-order valence-corrected chi connectivity index (χ3v) is 5.11. The Hall–Kier alpha value is -1.40. The lowest BCUT2D eigenvalue weighted by Crippen LogP contribution is -2.30. The number of nitrogens with zero attached hydrogens (tertiary/aromatic N) is 2. The van der Waals surface area contributed by atoms with Crippen LogP contribution in [0.4, 0.5) is 11.8 Å². The van der Waals surface area contributed by atoms with Gasteiger partial charge in [0.05, 0.1) is 12.0 Å². The van der Waals surface area contributed by atoms with E-state index in [2.05, 4.69) is 28.3 Å². The number of anilines is 2. The van der Waals surface area contributed by atoms with E-state index >= 15 is 0 Å². The van der Waals surface area contributed by atoms with Crippen LogP contribution in [0.2, 0.25) is 0 Å². The molecule has 2 heterocycles. The van der Waals surface area contributed by atoms with Gasteiger partial charge in [-0.25, -0.2) is 4.98 Å². The summed E-state index contributed by atoms with van der Waals surface area (Å²) in [7, 11) is 0. The van der Waals surface area contributed by atoms with Crippen LogP contribution in [0.15, 0.2) is 6.07 Å². The Morgan fingerprint density at radius 1 is 1.40 bits per heavy atom. The molecule has 0 atom stereocenters. The van der Waals surface area contributed by atoms with Crippen molar-refractivity contribution in [1.29, 1.82) is 0 Å². The number of aromatic nitrogens is 2. The first-order valence-electron chi connectivity index (χ1n) is 7.00. The number of fused-ring (bicyclic) bond motifs is 1. The Morgan fingerprint density at radius 2 is 2.15 bits per heavy atom. The summed E-state index contributed by atoms with van der Waals surface area (Å²) in [6, 6.07) is 2.09. The summed E-state index contributed by atoms with van der Waals surface area (Å²) >= 11 is 1.62. The van der Waals surface area contributed by atoms with E-state index in [9.17, 15) is 5.11 Å². The topological polar surface area (TPSA) is 84.1 Å². The smallest absolute Gasteiger partial charge is 0.223 e. The van der Waals surface area contributed by atoms with Gasteiger partial charge in [0.1, 0.15) is 10.6 Å². The zero-order chi connectivity index (χ0) is 14.2. The molecule has 0 bridgehead atoms. The van der Waals surface area contributed by atoms with Crippen LogP contribution in [-0.4, -0.2) is 28.2 Å². The maximum absolute atomic E-state index is 9.67. The Labute approximate surface area is 122 Å². The van der Waals surface area contributed by atoms with Gasteiger partial charge in [0, 0.05) is 16.8 Å². The fraction of sp³-hybridized carbons (Fsp3) is 0.571. The van der Waals surface area contributed by atoms with E-state index in [1.54, 1.807) is 11.3 Å². The van der Waals surface area contributed by atoms with Crippen molar-refractivity contribution in [2.24, 2.45) is 5.41 Å². The van der Waals surface area contributed by atoms with Gasteiger partial charge >= 0.3 is 0 Å². The van der Waals surface area contributed by atoms with E-state index in [0.29, 0.717) is 5.95 Å². The highest BCUT2D eigenvalue weighted by molar-refractivity contribution is 7.18. The highest BCUT2D eigenvalue weighted by Gasteiger charge is 2.33. The average Bonchev–Trinajstić information content (AvgIpc) is 3.02. The zero-order valence-corrected chi connectivity index (χ0v) is 12.5. The standard InChI is InChI=1S/C14H20N4OS/c1-9-6-10-11(17-13(15)18-12(10)20-9)16-7-14(8-19)4-2-3-5-14/h6,19H,2-5,7-8H2,1H3,(H3,15,16,17,18). The summed E-state index contributed by atoms with van der Waals surface area (Å²) in [5.74, 6) is 1.09. The lowest BCUT2D eigenvalue weighted by molar-refractivity contribution is 0.142. The maximum Gasteiger partial charge on any atom is 0.223 e. The van der Waals surface area contributed by atoms with Crippen LogP contribution in [0.25, 0.3) is 10.2 Å². The monoisotopic (exact) mass is 292 g/mol. The normalized spacial score (nSPS) is 17.7. The predicted molar refractivity (Wildman–Crippen MR) is 83.0 cm³/mol. The Kier molecular flexibility index (Phi) is 3.52. The highest BCUT2D eigenvalue weighted by atomic mass is 32.1. The van der Waals surface area contributed by atoms with Gasteiger partial charge in [-0.05, 0) is 25.8 Å². The molecule has 0 radical (unpaired) electrons. The van der Waals surface area contributed by atoms with Crippen LogP contribution in [-0.2, 0) is 0 Å². The molecule has 1 aliphatic carbocycles. The quantitative estimate of drug-likeness (QED) is 0.806. The van der Waals surface area contributed by atoms with Gasteiger partial charge in [0.2, 0.25) is 5.95 Å². The second kappa shape index (κ2) is 5.18. The number of hydrogen-bond donors (Lipinski definition) is 3. The van der Waals surface area contributed by atoms with E-state index in [-0.39, 0.29) is 12.0 Å². The number of aliphatic hydroxyl groups is 1. The molecule has 0 amide bonds. The van der Waals surface area contributed by atoms with Crippen molar-refractivity contribution in [2.75, 3.05) is 24.2 Å². The van der Waals surface area contributed by atoms with Crippen molar-refractivity contribution in [3.8, 4) is 0 Å². The van der Waals surface area contributed by atoms with E-state index in [1.165, 1.54) is 17.7 Å². The van der Waals surface area contributed by atoms with Crippen LogP contribution in [0, 0.1) is 12.3 Å². The molecule has 0 saturated heterocycles. The van der Waals surface area contributed by atoms with Crippen molar-refractivity contribution in [2.45, 2.75) is 32.6 Å². The molecule has 108 valence electrons.